The second kappa shape index (κ2) is 6.83. The van der Waals surface area contributed by atoms with Gasteiger partial charge in [0.1, 0.15) is 11.3 Å². The summed E-state index contributed by atoms with van der Waals surface area (Å²) in [5.41, 5.74) is 0.448. The number of amides is 1. The number of thiazole rings is 1. The van der Waals surface area contributed by atoms with Crippen LogP contribution in [0.4, 0.5) is 9.52 Å². The topological polar surface area (TPSA) is 45.2 Å². The minimum atomic E-state index is -0.271. The summed E-state index contributed by atoms with van der Waals surface area (Å²) < 4.78 is 14.6. The van der Waals surface area contributed by atoms with E-state index < -0.39 is 0 Å². The van der Waals surface area contributed by atoms with Crippen LogP contribution in [0.15, 0.2) is 18.2 Å². The van der Waals surface area contributed by atoms with Gasteiger partial charge in [0.05, 0.1) is 4.70 Å². The number of para-hydroxylation sites is 1. The van der Waals surface area contributed by atoms with Crippen molar-refractivity contribution in [3.63, 3.8) is 0 Å². The molecule has 1 aliphatic heterocycles. The van der Waals surface area contributed by atoms with Gasteiger partial charge in [0.25, 0.3) is 0 Å². The van der Waals surface area contributed by atoms with Gasteiger partial charge in [0.15, 0.2) is 5.13 Å². The summed E-state index contributed by atoms with van der Waals surface area (Å²) in [6.07, 6.45) is 2.59. The minimum absolute atomic E-state index is 0.0753. The van der Waals surface area contributed by atoms with E-state index in [-0.39, 0.29) is 23.7 Å². The van der Waals surface area contributed by atoms with E-state index in [1.54, 1.807) is 6.07 Å². The second-order valence-corrected chi connectivity index (χ2v) is 7.17. The fourth-order valence-corrected chi connectivity index (χ4v) is 3.87. The molecule has 0 spiro atoms. The van der Waals surface area contributed by atoms with Crippen LogP contribution in [0.5, 0.6) is 0 Å². The molecule has 2 aromatic rings. The highest BCUT2D eigenvalue weighted by atomic mass is 32.1. The van der Waals surface area contributed by atoms with Crippen molar-refractivity contribution in [3.05, 3.63) is 24.0 Å². The van der Waals surface area contributed by atoms with Gasteiger partial charge in [0.2, 0.25) is 5.91 Å². The molecule has 1 N–H and O–H groups in total. The number of nitrogens with one attached hydrogen (secondary N) is 1. The third-order valence-corrected chi connectivity index (χ3v) is 5.58. The Morgan fingerprint density at radius 1 is 1.48 bits per heavy atom. The van der Waals surface area contributed by atoms with Gasteiger partial charge in [-0.1, -0.05) is 24.3 Å². The lowest BCUT2D eigenvalue weighted by Gasteiger charge is -2.31. The van der Waals surface area contributed by atoms with Crippen molar-refractivity contribution >= 4 is 32.6 Å². The van der Waals surface area contributed by atoms with Crippen molar-refractivity contribution in [2.75, 3.05) is 18.0 Å². The molecular weight excluding hydrogens is 313 g/mol. The maximum atomic E-state index is 13.8. The summed E-state index contributed by atoms with van der Waals surface area (Å²) in [4.78, 5) is 18.8. The molecule has 1 fully saturated rings. The van der Waals surface area contributed by atoms with Crippen LogP contribution in [0.25, 0.3) is 10.2 Å². The third kappa shape index (κ3) is 3.47. The third-order valence-electron chi connectivity index (χ3n) is 4.50. The fraction of sp³-hybridized carbons (Fsp3) is 0.529. The van der Waals surface area contributed by atoms with E-state index >= 15 is 0 Å². The zero-order valence-electron chi connectivity index (χ0n) is 13.5. The molecule has 0 saturated carbocycles. The molecule has 6 heteroatoms. The molecule has 4 nitrogen and oxygen atoms in total. The first-order chi connectivity index (χ1) is 11.1. The zero-order valence-corrected chi connectivity index (χ0v) is 14.3. The summed E-state index contributed by atoms with van der Waals surface area (Å²) >= 11 is 1.52. The molecule has 2 heterocycles. The van der Waals surface area contributed by atoms with Gasteiger partial charge in [-0.3, -0.25) is 4.79 Å². The lowest BCUT2D eigenvalue weighted by molar-refractivity contribution is -0.126. The Morgan fingerprint density at radius 2 is 2.22 bits per heavy atom. The van der Waals surface area contributed by atoms with E-state index in [0.717, 1.165) is 42.2 Å². The number of hydrogen-bond donors (Lipinski definition) is 1. The van der Waals surface area contributed by atoms with Gasteiger partial charge >= 0.3 is 0 Å². The molecule has 3 rings (SSSR count). The second-order valence-electron chi connectivity index (χ2n) is 6.16. The maximum absolute atomic E-state index is 13.8. The van der Waals surface area contributed by atoms with Crippen LogP contribution in [0.1, 0.15) is 33.1 Å². The first-order valence-corrected chi connectivity index (χ1v) is 9.00. The van der Waals surface area contributed by atoms with Gasteiger partial charge < -0.3 is 10.2 Å². The average molecular weight is 335 g/mol. The summed E-state index contributed by atoms with van der Waals surface area (Å²) in [7, 11) is 0. The SMILES string of the molecule is CCC(C)NC(=O)C1CCN(c2nc3c(F)cccc3s2)CC1. The Bertz CT molecular complexity index is 694. The van der Waals surface area contributed by atoms with Crippen molar-refractivity contribution in [1.29, 1.82) is 0 Å². The number of aromatic nitrogens is 1. The molecule has 0 bridgehead atoms. The van der Waals surface area contributed by atoms with E-state index in [1.807, 2.05) is 13.0 Å². The summed E-state index contributed by atoms with van der Waals surface area (Å²) in [6, 6.07) is 5.28. The minimum Gasteiger partial charge on any atom is -0.353 e. The normalized spacial score (nSPS) is 17.4. The van der Waals surface area contributed by atoms with Gasteiger partial charge in [0, 0.05) is 25.0 Å². The quantitative estimate of drug-likeness (QED) is 0.929. The molecular formula is C17H22FN3OS. The number of anilines is 1. The van der Waals surface area contributed by atoms with E-state index in [9.17, 15) is 9.18 Å². The van der Waals surface area contributed by atoms with E-state index in [0.29, 0.717) is 5.52 Å². The highest BCUT2D eigenvalue weighted by molar-refractivity contribution is 7.22. The van der Waals surface area contributed by atoms with Crippen LogP contribution >= 0.6 is 11.3 Å². The molecule has 1 amide bonds. The molecule has 23 heavy (non-hydrogen) atoms. The Morgan fingerprint density at radius 3 is 2.87 bits per heavy atom. The van der Waals surface area contributed by atoms with Crippen LogP contribution in [0.2, 0.25) is 0 Å². The molecule has 0 aliphatic carbocycles. The molecule has 1 aromatic heterocycles. The Hall–Kier alpha value is -1.69. The van der Waals surface area contributed by atoms with Crippen molar-refractivity contribution in [2.45, 2.75) is 39.2 Å². The Kier molecular flexibility index (Phi) is 4.80. The van der Waals surface area contributed by atoms with E-state index in [2.05, 4.69) is 22.1 Å². The van der Waals surface area contributed by atoms with Crippen LogP contribution in [-0.4, -0.2) is 30.0 Å². The van der Waals surface area contributed by atoms with Crippen molar-refractivity contribution < 1.29 is 9.18 Å². The average Bonchev–Trinajstić information content (AvgIpc) is 3.00. The number of piperidine rings is 1. The van der Waals surface area contributed by atoms with E-state index in [1.165, 1.54) is 17.4 Å². The summed E-state index contributed by atoms with van der Waals surface area (Å²) in [6.45, 7) is 5.68. The van der Waals surface area contributed by atoms with Gasteiger partial charge in [-0.25, -0.2) is 9.37 Å². The van der Waals surface area contributed by atoms with Gasteiger partial charge in [-0.2, -0.15) is 0 Å². The van der Waals surface area contributed by atoms with E-state index in [4.69, 9.17) is 0 Å². The molecule has 1 aromatic carbocycles. The Labute approximate surface area is 139 Å². The van der Waals surface area contributed by atoms with Crippen LogP contribution in [0.3, 0.4) is 0 Å². The number of benzene rings is 1. The molecule has 1 atom stereocenters. The first-order valence-electron chi connectivity index (χ1n) is 8.19. The molecule has 0 radical (unpaired) electrons. The lowest BCUT2D eigenvalue weighted by atomic mass is 9.96. The fourth-order valence-electron chi connectivity index (χ4n) is 2.83. The standard InChI is InChI=1S/C17H22FN3OS/c1-3-11(2)19-16(22)12-7-9-21(10-8-12)17-20-15-13(18)5-4-6-14(15)23-17/h4-6,11-12H,3,7-10H2,1-2H3,(H,19,22). The highest BCUT2D eigenvalue weighted by Crippen LogP contribution is 2.32. The number of carbonyl (C=O) groups excluding carboxylic acids is 1. The summed E-state index contributed by atoms with van der Waals surface area (Å²) in [5.74, 6) is -0.0338. The first kappa shape index (κ1) is 16.2. The maximum Gasteiger partial charge on any atom is 0.223 e. The van der Waals surface area contributed by atoms with Crippen molar-refractivity contribution in [1.82, 2.24) is 10.3 Å². The molecule has 1 unspecified atom stereocenters. The molecule has 1 aliphatic rings. The molecule has 124 valence electrons. The van der Waals surface area contributed by atoms with Gasteiger partial charge in [-0.15, -0.1) is 0 Å². The number of rotatable bonds is 4. The number of fused-ring (bicyclic) bond motifs is 1. The largest absolute Gasteiger partial charge is 0.353 e. The highest BCUT2D eigenvalue weighted by Gasteiger charge is 2.27. The van der Waals surface area contributed by atoms with Crippen molar-refractivity contribution in [2.24, 2.45) is 5.92 Å². The monoisotopic (exact) mass is 335 g/mol. The smallest absolute Gasteiger partial charge is 0.223 e. The van der Waals surface area contributed by atoms with Crippen LogP contribution in [-0.2, 0) is 4.79 Å². The number of carbonyl (C=O) groups is 1. The van der Waals surface area contributed by atoms with Crippen LogP contribution < -0.4 is 10.2 Å². The lowest BCUT2D eigenvalue weighted by Crippen LogP contribution is -2.43. The Balaban J connectivity index is 1.64. The van der Waals surface area contributed by atoms with Crippen LogP contribution in [0, 0.1) is 11.7 Å². The van der Waals surface area contributed by atoms with Crippen molar-refractivity contribution in [3.8, 4) is 0 Å². The van der Waals surface area contributed by atoms with Gasteiger partial charge in [-0.05, 0) is 38.3 Å². The number of nitrogens with zero attached hydrogens (tertiary/aromatic N) is 2. The predicted molar refractivity (Wildman–Crippen MR) is 92.4 cm³/mol. The predicted octanol–water partition coefficient (Wildman–Crippen LogP) is 3.57. The zero-order chi connectivity index (χ0) is 16.4. The molecule has 1 saturated heterocycles. The summed E-state index contributed by atoms with van der Waals surface area (Å²) in [5, 5.41) is 3.92. The number of halogens is 1. The number of hydrogen-bond acceptors (Lipinski definition) is 4.